The van der Waals surface area contributed by atoms with Gasteiger partial charge in [-0.2, -0.15) is 13.2 Å². The van der Waals surface area contributed by atoms with Crippen molar-refractivity contribution in [1.29, 1.82) is 0 Å². The van der Waals surface area contributed by atoms with Crippen LogP contribution in [0.5, 0.6) is 0 Å². The summed E-state index contributed by atoms with van der Waals surface area (Å²) in [5.74, 6) is 0.304. The van der Waals surface area contributed by atoms with Crippen LogP contribution in [-0.4, -0.2) is 9.55 Å². The van der Waals surface area contributed by atoms with Gasteiger partial charge in [-0.1, -0.05) is 52.3 Å². The van der Waals surface area contributed by atoms with E-state index < -0.39 is 11.9 Å². The van der Waals surface area contributed by atoms with Gasteiger partial charge in [0.05, 0.1) is 6.20 Å². The Kier molecular flexibility index (Phi) is 4.49. The average Bonchev–Trinajstić information content (AvgIpc) is 2.94. The molecule has 0 aliphatic carbocycles. The quantitative estimate of drug-likeness (QED) is 0.557. The fourth-order valence-corrected chi connectivity index (χ4v) is 2.81. The van der Waals surface area contributed by atoms with Crippen molar-refractivity contribution in [3.05, 3.63) is 76.0 Å². The van der Waals surface area contributed by atoms with Gasteiger partial charge < -0.3 is 4.57 Å². The van der Waals surface area contributed by atoms with Gasteiger partial charge in [0.1, 0.15) is 11.5 Å². The number of aromatic nitrogens is 2. The number of hydrogen-bond donors (Lipinski definition) is 0. The zero-order valence-electron chi connectivity index (χ0n) is 12.8. The van der Waals surface area contributed by atoms with Crippen molar-refractivity contribution >= 4 is 15.9 Å². The van der Waals surface area contributed by atoms with Gasteiger partial charge in [0, 0.05) is 16.6 Å². The molecule has 0 bridgehead atoms. The van der Waals surface area contributed by atoms with Gasteiger partial charge >= 0.3 is 6.18 Å². The SMILES string of the molecule is Cc1ccccc1Cn1c(C(F)(F)F)cnc1-c1ccc(Br)cc1. The maximum Gasteiger partial charge on any atom is 0.433 e. The molecule has 1 heterocycles. The van der Waals surface area contributed by atoms with Crippen molar-refractivity contribution in [3.63, 3.8) is 0 Å². The topological polar surface area (TPSA) is 17.8 Å². The van der Waals surface area contributed by atoms with E-state index in [1.807, 2.05) is 31.2 Å². The normalized spacial score (nSPS) is 11.7. The van der Waals surface area contributed by atoms with Crippen molar-refractivity contribution in [2.24, 2.45) is 0 Å². The first-order chi connectivity index (χ1) is 11.4. The lowest BCUT2D eigenvalue weighted by Gasteiger charge is -2.15. The summed E-state index contributed by atoms with van der Waals surface area (Å²) in [6.45, 7) is 2.01. The third kappa shape index (κ3) is 3.38. The van der Waals surface area contributed by atoms with Gasteiger partial charge in [-0.3, -0.25) is 0 Å². The molecule has 1 aromatic heterocycles. The summed E-state index contributed by atoms with van der Waals surface area (Å²) >= 11 is 3.33. The number of halogens is 4. The lowest BCUT2D eigenvalue weighted by Crippen LogP contribution is -2.15. The summed E-state index contributed by atoms with van der Waals surface area (Å²) in [7, 11) is 0. The molecule has 2 nitrogen and oxygen atoms in total. The van der Waals surface area contributed by atoms with Gasteiger partial charge in [0.15, 0.2) is 0 Å². The molecule has 0 aliphatic heterocycles. The minimum absolute atomic E-state index is 0.118. The third-order valence-electron chi connectivity index (χ3n) is 3.84. The monoisotopic (exact) mass is 394 g/mol. The van der Waals surface area contributed by atoms with Crippen molar-refractivity contribution in [3.8, 4) is 11.4 Å². The molecule has 0 unspecified atom stereocenters. The highest BCUT2D eigenvalue weighted by Gasteiger charge is 2.36. The maximum atomic E-state index is 13.4. The minimum atomic E-state index is -4.46. The van der Waals surface area contributed by atoms with Gasteiger partial charge in [0.2, 0.25) is 0 Å². The highest BCUT2D eigenvalue weighted by Crippen LogP contribution is 2.33. The molecule has 3 rings (SSSR count). The minimum Gasteiger partial charge on any atom is -0.316 e. The van der Waals surface area contributed by atoms with E-state index in [-0.39, 0.29) is 6.54 Å². The van der Waals surface area contributed by atoms with Crippen LogP contribution in [0, 0.1) is 6.92 Å². The molecule has 0 fully saturated rings. The summed E-state index contributed by atoms with van der Waals surface area (Å²) in [5, 5.41) is 0. The zero-order valence-corrected chi connectivity index (χ0v) is 14.4. The Bertz CT molecular complexity index is 851. The van der Waals surface area contributed by atoms with Crippen LogP contribution < -0.4 is 0 Å². The van der Waals surface area contributed by atoms with Crippen molar-refractivity contribution < 1.29 is 13.2 Å². The van der Waals surface area contributed by atoms with E-state index in [1.54, 1.807) is 24.3 Å². The van der Waals surface area contributed by atoms with Crippen LogP contribution in [0.3, 0.4) is 0 Å². The predicted octanol–water partition coefficient (Wildman–Crippen LogP) is 5.69. The van der Waals surface area contributed by atoms with Crippen LogP contribution in [0.1, 0.15) is 16.8 Å². The van der Waals surface area contributed by atoms with Crippen LogP contribution in [-0.2, 0) is 12.7 Å². The average molecular weight is 395 g/mol. The fraction of sp³-hybridized carbons (Fsp3) is 0.167. The summed E-state index contributed by atoms with van der Waals surface area (Å²) in [6, 6.07) is 14.5. The van der Waals surface area contributed by atoms with Crippen LogP contribution in [0.15, 0.2) is 59.2 Å². The van der Waals surface area contributed by atoms with Gasteiger partial charge in [-0.15, -0.1) is 0 Å². The van der Waals surface area contributed by atoms with E-state index in [2.05, 4.69) is 20.9 Å². The summed E-state index contributed by atoms with van der Waals surface area (Å²) in [6.07, 6.45) is -3.56. The van der Waals surface area contributed by atoms with Crippen molar-refractivity contribution in [1.82, 2.24) is 9.55 Å². The highest BCUT2D eigenvalue weighted by atomic mass is 79.9. The Morgan fingerprint density at radius 1 is 1.04 bits per heavy atom. The lowest BCUT2D eigenvalue weighted by molar-refractivity contribution is -0.143. The molecule has 0 radical (unpaired) electrons. The largest absolute Gasteiger partial charge is 0.433 e. The molecule has 0 N–H and O–H groups in total. The molecule has 2 aromatic carbocycles. The second kappa shape index (κ2) is 6.43. The van der Waals surface area contributed by atoms with Crippen LogP contribution in [0.2, 0.25) is 0 Å². The Morgan fingerprint density at radius 2 is 1.71 bits per heavy atom. The zero-order chi connectivity index (χ0) is 17.3. The standard InChI is InChI=1S/C18H14BrF3N2/c1-12-4-2-3-5-14(12)11-24-16(18(20,21)22)10-23-17(24)13-6-8-15(19)9-7-13/h2-10H,11H2,1H3. The fourth-order valence-electron chi connectivity index (χ4n) is 2.55. The molecule has 24 heavy (non-hydrogen) atoms. The van der Waals surface area contributed by atoms with Crippen LogP contribution in [0.25, 0.3) is 11.4 Å². The predicted molar refractivity (Wildman–Crippen MR) is 90.6 cm³/mol. The summed E-state index contributed by atoms with van der Waals surface area (Å²) in [4.78, 5) is 4.04. The summed E-state index contributed by atoms with van der Waals surface area (Å²) < 4.78 is 42.2. The molecule has 0 saturated heterocycles. The smallest absolute Gasteiger partial charge is 0.316 e. The molecule has 3 aromatic rings. The first-order valence-electron chi connectivity index (χ1n) is 7.29. The number of nitrogens with zero attached hydrogens (tertiary/aromatic N) is 2. The van der Waals surface area contributed by atoms with Crippen molar-refractivity contribution in [2.75, 3.05) is 0 Å². The van der Waals surface area contributed by atoms with E-state index in [0.29, 0.717) is 11.4 Å². The van der Waals surface area contributed by atoms with Gasteiger partial charge in [0.25, 0.3) is 0 Å². The Hall–Kier alpha value is -2.08. The maximum absolute atomic E-state index is 13.4. The Morgan fingerprint density at radius 3 is 2.33 bits per heavy atom. The number of aryl methyl sites for hydroxylation is 1. The molecule has 0 amide bonds. The molecule has 6 heteroatoms. The van der Waals surface area contributed by atoms with E-state index in [4.69, 9.17) is 0 Å². The molecule has 0 atom stereocenters. The first kappa shape index (κ1) is 16.8. The molecule has 124 valence electrons. The second-order valence-corrected chi connectivity index (χ2v) is 6.40. The second-order valence-electron chi connectivity index (χ2n) is 5.48. The summed E-state index contributed by atoms with van der Waals surface area (Å²) in [5.41, 5.74) is 1.67. The van der Waals surface area contributed by atoms with Gasteiger partial charge in [-0.05, 0) is 30.2 Å². The van der Waals surface area contributed by atoms with Crippen molar-refractivity contribution in [2.45, 2.75) is 19.6 Å². The molecule has 0 saturated carbocycles. The van der Waals surface area contributed by atoms with E-state index in [0.717, 1.165) is 21.8 Å². The van der Waals surface area contributed by atoms with Gasteiger partial charge in [-0.25, -0.2) is 4.98 Å². The molecular weight excluding hydrogens is 381 g/mol. The first-order valence-corrected chi connectivity index (χ1v) is 8.09. The number of alkyl halides is 3. The number of benzene rings is 2. The van der Waals surface area contributed by atoms with Crippen LogP contribution in [0.4, 0.5) is 13.2 Å². The number of imidazole rings is 1. The molecular formula is C18H14BrF3N2. The lowest BCUT2D eigenvalue weighted by atomic mass is 10.1. The van der Waals surface area contributed by atoms with E-state index in [1.165, 1.54) is 4.57 Å². The van der Waals surface area contributed by atoms with E-state index >= 15 is 0 Å². The third-order valence-corrected chi connectivity index (χ3v) is 4.37. The van der Waals surface area contributed by atoms with Crippen LogP contribution >= 0.6 is 15.9 Å². The van der Waals surface area contributed by atoms with E-state index in [9.17, 15) is 13.2 Å². The Balaban J connectivity index is 2.12. The highest BCUT2D eigenvalue weighted by molar-refractivity contribution is 9.10. The number of hydrogen-bond acceptors (Lipinski definition) is 1. The molecule has 0 spiro atoms. The number of rotatable bonds is 3. The molecule has 0 aliphatic rings. The Labute approximate surface area is 146 Å².